The molecule has 4 rings (SSSR count). The fourth-order valence-electron chi connectivity index (χ4n) is 3.72. The second-order valence-corrected chi connectivity index (χ2v) is 7.19. The molecule has 2 aliphatic heterocycles. The maximum Gasteiger partial charge on any atom is 0.231 e. The van der Waals surface area contributed by atoms with Gasteiger partial charge in [0.2, 0.25) is 12.7 Å². The van der Waals surface area contributed by atoms with Crippen LogP contribution >= 0.6 is 0 Å². The Bertz CT molecular complexity index is 781. The Morgan fingerprint density at radius 3 is 3.04 bits per heavy atom. The molecule has 0 aliphatic carbocycles. The number of aryl methyl sites for hydroxylation is 1. The summed E-state index contributed by atoms with van der Waals surface area (Å²) in [5, 5.41) is 3.21. The third-order valence-electron chi connectivity index (χ3n) is 5.08. The number of hydrogen-bond acceptors (Lipinski definition) is 5. The fraction of sp³-hybridized carbons (Fsp3) is 0.429. The van der Waals surface area contributed by atoms with Gasteiger partial charge in [-0.3, -0.25) is 14.7 Å². The van der Waals surface area contributed by atoms with Crippen molar-refractivity contribution in [3.63, 3.8) is 0 Å². The topological polar surface area (TPSA) is 63.7 Å². The number of nitrogens with zero attached hydrogens (tertiary/aromatic N) is 2. The van der Waals surface area contributed by atoms with Crippen molar-refractivity contribution in [1.82, 2.24) is 15.2 Å². The van der Waals surface area contributed by atoms with E-state index in [-0.39, 0.29) is 18.7 Å². The number of carbonyl (C=O) groups is 1. The summed E-state index contributed by atoms with van der Waals surface area (Å²) in [6.45, 7) is 3.12. The Labute approximate surface area is 159 Å². The molecule has 0 spiro atoms. The highest BCUT2D eigenvalue weighted by molar-refractivity contribution is 5.76. The highest BCUT2D eigenvalue weighted by atomic mass is 16.7. The number of fused-ring (bicyclic) bond motifs is 1. The number of hydrogen-bond donors (Lipinski definition) is 1. The lowest BCUT2D eigenvalue weighted by atomic mass is 10.0. The molecule has 0 unspecified atom stereocenters. The van der Waals surface area contributed by atoms with Gasteiger partial charge in [-0.2, -0.15) is 0 Å². The molecule has 1 saturated heterocycles. The standard InChI is InChI=1S/C21H25N3O3/c25-21(8-6-16-5-7-19-20(11-16)27-15-26-19)23-18-4-2-10-24(14-18)13-17-3-1-9-22-12-17/h1,3,5,7,9,11-12,18H,2,4,6,8,10,13-15H2,(H,23,25)/t18-/m1/s1. The first-order valence-electron chi connectivity index (χ1n) is 9.55. The average Bonchev–Trinajstić information content (AvgIpc) is 3.15. The molecule has 0 saturated carbocycles. The van der Waals surface area contributed by atoms with Crippen molar-refractivity contribution in [2.24, 2.45) is 0 Å². The molecule has 2 aromatic rings. The van der Waals surface area contributed by atoms with E-state index in [4.69, 9.17) is 9.47 Å². The molecule has 2 aliphatic rings. The predicted molar refractivity (Wildman–Crippen MR) is 102 cm³/mol. The molecule has 1 amide bonds. The van der Waals surface area contributed by atoms with Crippen molar-refractivity contribution in [3.05, 3.63) is 53.9 Å². The van der Waals surface area contributed by atoms with Gasteiger partial charge in [0.05, 0.1) is 0 Å². The van der Waals surface area contributed by atoms with E-state index in [0.717, 1.165) is 49.5 Å². The lowest BCUT2D eigenvalue weighted by molar-refractivity contribution is -0.122. The van der Waals surface area contributed by atoms with E-state index in [0.29, 0.717) is 12.8 Å². The number of amides is 1. The van der Waals surface area contributed by atoms with E-state index >= 15 is 0 Å². The van der Waals surface area contributed by atoms with Crippen LogP contribution in [0.1, 0.15) is 30.4 Å². The number of likely N-dealkylation sites (tertiary alicyclic amines) is 1. The Kier molecular flexibility index (Phi) is 5.53. The highest BCUT2D eigenvalue weighted by Crippen LogP contribution is 2.32. The lowest BCUT2D eigenvalue weighted by Crippen LogP contribution is -2.47. The summed E-state index contributed by atoms with van der Waals surface area (Å²) in [5.41, 5.74) is 2.31. The molecule has 0 bridgehead atoms. The Morgan fingerprint density at radius 1 is 1.22 bits per heavy atom. The van der Waals surface area contributed by atoms with Gasteiger partial charge in [0.1, 0.15) is 0 Å². The summed E-state index contributed by atoms with van der Waals surface area (Å²) in [5.74, 6) is 1.66. The summed E-state index contributed by atoms with van der Waals surface area (Å²) in [6.07, 6.45) is 7.04. The van der Waals surface area contributed by atoms with Crippen LogP contribution in [0.15, 0.2) is 42.7 Å². The summed E-state index contributed by atoms with van der Waals surface area (Å²) in [4.78, 5) is 19.0. The average molecular weight is 367 g/mol. The normalized spacial score (nSPS) is 19.0. The van der Waals surface area contributed by atoms with Crippen LogP contribution in [-0.2, 0) is 17.8 Å². The monoisotopic (exact) mass is 367 g/mol. The van der Waals surface area contributed by atoms with Crippen molar-refractivity contribution in [1.29, 1.82) is 0 Å². The van der Waals surface area contributed by atoms with Gasteiger partial charge >= 0.3 is 0 Å². The van der Waals surface area contributed by atoms with E-state index in [9.17, 15) is 4.79 Å². The first kappa shape index (κ1) is 17.8. The minimum absolute atomic E-state index is 0.112. The number of piperidine rings is 1. The van der Waals surface area contributed by atoms with Crippen LogP contribution in [0.5, 0.6) is 11.5 Å². The molecule has 6 heteroatoms. The second-order valence-electron chi connectivity index (χ2n) is 7.19. The minimum Gasteiger partial charge on any atom is -0.454 e. The zero-order chi connectivity index (χ0) is 18.5. The van der Waals surface area contributed by atoms with E-state index < -0.39 is 0 Å². The number of benzene rings is 1. The molecule has 1 fully saturated rings. The zero-order valence-electron chi connectivity index (χ0n) is 15.4. The summed E-state index contributed by atoms with van der Waals surface area (Å²) in [7, 11) is 0. The number of nitrogens with one attached hydrogen (secondary N) is 1. The van der Waals surface area contributed by atoms with Crippen molar-refractivity contribution in [2.45, 2.75) is 38.3 Å². The van der Waals surface area contributed by atoms with Gasteiger partial charge in [-0.15, -0.1) is 0 Å². The fourth-order valence-corrected chi connectivity index (χ4v) is 3.72. The molecule has 3 heterocycles. The molecule has 6 nitrogen and oxygen atoms in total. The number of aromatic nitrogens is 1. The molecule has 1 N–H and O–H groups in total. The molecular weight excluding hydrogens is 342 g/mol. The van der Waals surface area contributed by atoms with Gasteiger partial charge in [0.25, 0.3) is 0 Å². The van der Waals surface area contributed by atoms with Crippen LogP contribution < -0.4 is 14.8 Å². The lowest BCUT2D eigenvalue weighted by Gasteiger charge is -2.33. The second kappa shape index (κ2) is 8.39. The van der Waals surface area contributed by atoms with Gasteiger partial charge in [-0.25, -0.2) is 0 Å². The smallest absolute Gasteiger partial charge is 0.231 e. The Hall–Kier alpha value is -2.60. The van der Waals surface area contributed by atoms with E-state index in [1.54, 1.807) is 6.20 Å². The zero-order valence-corrected chi connectivity index (χ0v) is 15.4. The van der Waals surface area contributed by atoms with Crippen molar-refractivity contribution >= 4 is 5.91 Å². The number of ether oxygens (including phenoxy) is 2. The third-order valence-corrected chi connectivity index (χ3v) is 5.08. The van der Waals surface area contributed by atoms with Crippen LogP contribution in [0.4, 0.5) is 0 Å². The predicted octanol–water partition coefficient (Wildman–Crippen LogP) is 2.52. The van der Waals surface area contributed by atoms with Crippen LogP contribution in [0.3, 0.4) is 0 Å². The van der Waals surface area contributed by atoms with Gasteiger partial charge in [0.15, 0.2) is 11.5 Å². The van der Waals surface area contributed by atoms with E-state index in [2.05, 4.69) is 21.3 Å². The van der Waals surface area contributed by atoms with E-state index in [1.807, 2.05) is 30.5 Å². The molecule has 1 atom stereocenters. The summed E-state index contributed by atoms with van der Waals surface area (Å²) < 4.78 is 10.7. The maximum atomic E-state index is 12.4. The highest BCUT2D eigenvalue weighted by Gasteiger charge is 2.21. The number of pyridine rings is 1. The number of carbonyl (C=O) groups excluding carboxylic acids is 1. The Balaban J connectivity index is 1.24. The summed E-state index contributed by atoms with van der Waals surface area (Å²) in [6, 6.07) is 10.2. The molecule has 27 heavy (non-hydrogen) atoms. The van der Waals surface area contributed by atoms with Crippen molar-refractivity contribution < 1.29 is 14.3 Å². The quantitative estimate of drug-likeness (QED) is 0.850. The SMILES string of the molecule is O=C(CCc1ccc2c(c1)OCO2)N[C@@H]1CCCN(Cc2cccnc2)C1. The number of rotatable bonds is 6. The third kappa shape index (κ3) is 4.77. The first-order chi connectivity index (χ1) is 13.3. The summed E-state index contributed by atoms with van der Waals surface area (Å²) >= 11 is 0. The largest absolute Gasteiger partial charge is 0.454 e. The van der Waals surface area contributed by atoms with E-state index in [1.165, 1.54) is 5.56 Å². The van der Waals surface area contributed by atoms with Crippen LogP contribution in [-0.4, -0.2) is 41.7 Å². The minimum atomic E-state index is 0.112. The van der Waals surface area contributed by atoms with Crippen LogP contribution in [0, 0.1) is 0 Å². The molecule has 0 radical (unpaired) electrons. The van der Waals surface area contributed by atoms with Gasteiger partial charge in [-0.05, 0) is 55.1 Å². The molecule has 1 aromatic heterocycles. The van der Waals surface area contributed by atoms with Crippen LogP contribution in [0.25, 0.3) is 0 Å². The van der Waals surface area contributed by atoms with Gasteiger partial charge < -0.3 is 14.8 Å². The molecular formula is C21H25N3O3. The van der Waals surface area contributed by atoms with Crippen LogP contribution in [0.2, 0.25) is 0 Å². The molecule has 1 aromatic carbocycles. The van der Waals surface area contributed by atoms with Crippen molar-refractivity contribution in [2.75, 3.05) is 19.9 Å². The molecule has 142 valence electrons. The Morgan fingerprint density at radius 2 is 2.15 bits per heavy atom. The van der Waals surface area contributed by atoms with Gasteiger partial charge in [-0.1, -0.05) is 12.1 Å². The maximum absolute atomic E-state index is 12.4. The first-order valence-corrected chi connectivity index (χ1v) is 9.55. The van der Waals surface area contributed by atoms with Crippen molar-refractivity contribution in [3.8, 4) is 11.5 Å². The van der Waals surface area contributed by atoms with Gasteiger partial charge in [0, 0.05) is 37.9 Å².